The fourth-order valence-electron chi connectivity index (χ4n) is 0.739. The van der Waals surface area contributed by atoms with E-state index in [9.17, 15) is 4.79 Å². The van der Waals surface area contributed by atoms with Crippen LogP contribution >= 0.6 is 24.0 Å². The highest BCUT2D eigenvalue weighted by Gasteiger charge is 2.08. The van der Waals surface area contributed by atoms with Crippen LogP contribution < -0.4 is 0 Å². The van der Waals surface area contributed by atoms with Crippen LogP contribution in [0.25, 0.3) is 0 Å². The molecule has 0 fully saturated rings. The summed E-state index contributed by atoms with van der Waals surface area (Å²) in [4.78, 5) is 14.1. The predicted molar refractivity (Wildman–Crippen MR) is 48.0 cm³/mol. The minimum absolute atomic E-state index is 0. The summed E-state index contributed by atoms with van der Waals surface area (Å²) in [6.07, 6.45) is 1.43. The lowest BCUT2D eigenvalue weighted by Crippen LogP contribution is -2.03. The molecule has 5 heteroatoms. The van der Waals surface area contributed by atoms with Crippen LogP contribution in [0.5, 0.6) is 0 Å². The van der Waals surface area contributed by atoms with Crippen LogP contribution in [0.15, 0.2) is 18.3 Å². The first-order chi connectivity index (χ1) is 5.25. The molecule has 0 spiro atoms. The zero-order valence-electron chi connectivity index (χ0n) is 6.03. The molecule has 1 aromatic heterocycles. The van der Waals surface area contributed by atoms with Crippen molar-refractivity contribution in [3.63, 3.8) is 0 Å². The van der Waals surface area contributed by atoms with Crippen molar-refractivity contribution in [1.82, 2.24) is 4.98 Å². The van der Waals surface area contributed by atoms with Gasteiger partial charge in [0, 0.05) is 17.6 Å². The lowest BCUT2D eigenvalue weighted by molar-refractivity contribution is 0.0689. The van der Waals surface area contributed by atoms with Crippen LogP contribution in [0.2, 0.25) is 0 Å². The first-order valence-corrected chi connectivity index (χ1v) is 3.52. The number of hydrogen-bond acceptors (Lipinski definition) is 2. The van der Waals surface area contributed by atoms with E-state index in [1.165, 1.54) is 6.20 Å². The van der Waals surface area contributed by atoms with Gasteiger partial charge in [-0.1, -0.05) is 6.07 Å². The van der Waals surface area contributed by atoms with Crippen LogP contribution in [0, 0.1) is 0 Å². The van der Waals surface area contributed by atoms with Gasteiger partial charge >= 0.3 is 5.97 Å². The van der Waals surface area contributed by atoms with Crippen molar-refractivity contribution in [3.05, 3.63) is 29.6 Å². The first-order valence-electron chi connectivity index (χ1n) is 2.99. The number of alkyl halides is 1. The van der Waals surface area contributed by atoms with Crippen LogP contribution in [-0.4, -0.2) is 16.1 Å². The van der Waals surface area contributed by atoms with E-state index in [0.717, 1.165) is 0 Å². The smallest absolute Gasteiger partial charge is 0.354 e. The number of carboxylic acid groups (broad SMARTS) is 1. The molecule has 0 radical (unpaired) electrons. The van der Waals surface area contributed by atoms with E-state index in [4.69, 9.17) is 16.7 Å². The number of halogens is 2. The van der Waals surface area contributed by atoms with E-state index in [1.54, 1.807) is 12.1 Å². The minimum Gasteiger partial charge on any atom is -0.477 e. The highest BCUT2D eigenvalue weighted by Crippen LogP contribution is 2.07. The van der Waals surface area contributed by atoms with E-state index in [2.05, 4.69) is 4.98 Å². The van der Waals surface area contributed by atoms with Crippen LogP contribution in [-0.2, 0) is 5.88 Å². The zero-order valence-corrected chi connectivity index (χ0v) is 7.60. The molecule has 0 unspecified atom stereocenters. The summed E-state index contributed by atoms with van der Waals surface area (Å²) in [5.41, 5.74) is 0.573. The summed E-state index contributed by atoms with van der Waals surface area (Å²) >= 11 is 5.47. The molecule has 0 aliphatic carbocycles. The summed E-state index contributed by atoms with van der Waals surface area (Å²) in [6.45, 7) is 0. The third-order valence-electron chi connectivity index (χ3n) is 1.24. The molecule has 0 aliphatic rings. The Bertz CT molecular complexity index is 278. The maximum absolute atomic E-state index is 10.5. The Morgan fingerprint density at radius 2 is 2.33 bits per heavy atom. The second-order valence-electron chi connectivity index (χ2n) is 1.95. The molecule has 66 valence electrons. The summed E-state index contributed by atoms with van der Waals surface area (Å²) in [5.74, 6) is -0.864. The molecule has 1 aromatic rings. The topological polar surface area (TPSA) is 50.2 Å². The molecule has 0 amide bonds. The Morgan fingerprint density at radius 1 is 1.67 bits per heavy atom. The molecular formula is C7H7Cl2NO2. The molecule has 0 saturated heterocycles. The van der Waals surface area contributed by atoms with Crippen molar-refractivity contribution in [2.45, 2.75) is 5.88 Å². The highest BCUT2D eigenvalue weighted by atomic mass is 35.5. The average Bonchev–Trinajstić information content (AvgIpc) is 2.04. The van der Waals surface area contributed by atoms with E-state index in [1.807, 2.05) is 0 Å². The molecule has 0 saturated carbocycles. The number of hydrogen-bond donors (Lipinski definition) is 1. The second-order valence-corrected chi connectivity index (χ2v) is 2.22. The number of aromatic carboxylic acids is 1. The Morgan fingerprint density at radius 3 is 2.75 bits per heavy atom. The zero-order chi connectivity index (χ0) is 8.27. The SMILES string of the molecule is Cl.O=C(O)c1ncccc1CCl. The summed E-state index contributed by atoms with van der Waals surface area (Å²) < 4.78 is 0. The Balaban J connectivity index is 0.00000121. The summed E-state index contributed by atoms with van der Waals surface area (Å²) in [5, 5.41) is 8.58. The summed E-state index contributed by atoms with van der Waals surface area (Å²) in [7, 11) is 0. The van der Waals surface area contributed by atoms with Gasteiger partial charge in [0.15, 0.2) is 5.69 Å². The Hall–Kier alpha value is -0.800. The number of rotatable bonds is 2. The molecule has 1 N–H and O–H groups in total. The van der Waals surface area contributed by atoms with Gasteiger partial charge < -0.3 is 5.11 Å². The van der Waals surface area contributed by atoms with Crippen molar-refractivity contribution in [2.75, 3.05) is 0 Å². The minimum atomic E-state index is -1.04. The van der Waals surface area contributed by atoms with E-state index < -0.39 is 5.97 Å². The van der Waals surface area contributed by atoms with Gasteiger partial charge in [0.2, 0.25) is 0 Å². The van der Waals surface area contributed by atoms with Crippen LogP contribution in [0.3, 0.4) is 0 Å². The standard InChI is InChI=1S/C7H6ClNO2.ClH/c8-4-5-2-1-3-9-6(5)7(10)11;/h1-3H,4H2,(H,10,11);1H. The molecule has 0 aromatic carbocycles. The predicted octanol–water partition coefficient (Wildman–Crippen LogP) is 1.94. The Kier molecular flexibility index (Phi) is 4.62. The lowest BCUT2D eigenvalue weighted by Gasteiger charge is -1.98. The van der Waals surface area contributed by atoms with Crippen molar-refractivity contribution in [1.29, 1.82) is 0 Å². The van der Waals surface area contributed by atoms with Gasteiger partial charge in [-0.3, -0.25) is 0 Å². The Labute approximate surface area is 80.8 Å². The summed E-state index contributed by atoms with van der Waals surface area (Å²) in [6, 6.07) is 3.30. The molecule has 0 atom stereocenters. The fraction of sp³-hybridized carbons (Fsp3) is 0.143. The average molecular weight is 208 g/mol. The van der Waals surface area contributed by atoms with Gasteiger partial charge in [-0.25, -0.2) is 9.78 Å². The van der Waals surface area contributed by atoms with Gasteiger partial charge in [-0.2, -0.15) is 0 Å². The van der Waals surface area contributed by atoms with Gasteiger partial charge in [-0.05, 0) is 6.07 Å². The monoisotopic (exact) mass is 207 g/mol. The second kappa shape index (κ2) is 4.95. The van der Waals surface area contributed by atoms with Gasteiger partial charge in [-0.15, -0.1) is 24.0 Å². The molecule has 1 heterocycles. The van der Waals surface area contributed by atoms with Crippen LogP contribution in [0.1, 0.15) is 16.1 Å². The van der Waals surface area contributed by atoms with E-state index >= 15 is 0 Å². The molecule has 1 rings (SSSR count). The first kappa shape index (κ1) is 11.2. The number of nitrogens with zero attached hydrogens (tertiary/aromatic N) is 1. The number of carboxylic acids is 1. The maximum atomic E-state index is 10.5. The molecule has 0 bridgehead atoms. The number of pyridine rings is 1. The van der Waals surface area contributed by atoms with Crippen molar-refractivity contribution in [2.24, 2.45) is 0 Å². The number of carbonyl (C=O) groups is 1. The molecule has 3 nitrogen and oxygen atoms in total. The lowest BCUT2D eigenvalue weighted by atomic mass is 10.2. The van der Waals surface area contributed by atoms with E-state index in [-0.39, 0.29) is 24.0 Å². The van der Waals surface area contributed by atoms with Crippen molar-refractivity contribution >= 4 is 30.0 Å². The normalized spacial score (nSPS) is 8.75. The highest BCUT2D eigenvalue weighted by molar-refractivity contribution is 6.17. The molecule has 0 aliphatic heterocycles. The molecular weight excluding hydrogens is 201 g/mol. The molecule has 12 heavy (non-hydrogen) atoms. The van der Waals surface area contributed by atoms with Gasteiger partial charge in [0.1, 0.15) is 0 Å². The van der Waals surface area contributed by atoms with Gasteiger partial charge in [0.25, 0.3) is 0 Å². The van der Waals surface area contributed by atoms with Gasteiger partial charge in [0.05, 0.1) is 0 Å². The maximum Gasteiger partial charge on any atom is 0.354 e. The van der Waals surface area contributed by atoms with E-state index in [0.29, 0.717) is 5.56 Å². The fourth-order valence-corrected chi connectivity index (χ4v) is 0.955. The van der Waals surface area contributed by atoms with Crippen molar-refractivity contribution < 1.29 is 9.90 Å². The third kappa shape index (κ3) is 2.36. The number of aromatic nitrogens is 1. The largest absolute Gasteiger partial charge is 0.477 e. The quantitative estimate of drug-likeness (QED) is 0.755. The van der Waals surface area contributed by atoms with Crippen molar-refractivity contribution in [3.8, 4) is 0 Å². The van der Waals surface area contributed by atoms with Crippen LogP contribution in [0.4, 0.5) is 0 Å². The third-order valence-corrected chi connectivity index (χ3v) is 1.53.